The fourth-order valence-electron chi connectivity index (χ4n) is 5.00. The quantitative estimate of drug-likeness (QED) is 0.449. The van der Waals surface area contributed by atoms with Gasteiger partial charge in [-0.05, 0) is 34.9 Å². The molecular formula is C30H24N4O. The summed E-state index contributed by atoms with van der Waals surface area (Å²) in [5.41, 5.74) is 10.5. The number of hydrogen-bond acceptors (Lipinski definition) is 4. The highest BCUT2D eigenvalue weighted by molar-refractivity contribution is 6.15. The van der Waals surface area contributed by atoms with Gasteiger partial charge in [-0.25, -0.2) is 5.01 Å². The zero-order valence-corrected chi connectivity index (χ0v) is 19.0. The number of hydrazone groups is 1. The molecular weight excluding hydrogens is 432 g/mol. The van der Waals surface area contributed by atoms with Crippen molar-refractivity contribution in [2.45, 2.75) is 11.5 Å². The van der Waals surface area contributed by atoms with Crippen molar-refractivity contribution in [3.8, 4) is 0 Å². The van der Waals surface area contributed by atoms with E-state index in [-0.39, 0.29) is 11.8 Å². The fraction of sp³-hybridized carbons (Fsp3) is 0.0667. The average molecular weight is 457 g/mol. The minimum Gasteiger partial charge on any atom is -0.298 e. The highest BCUT2D eigenvalue weighted by atomic mass is 16.2. The number of hydrazine groups is 1. The highest BCUT2D eigenvalue weighted by Crippen LogP contribution is 2.47. The number of carbonyl (C=O) groups excluding carboxylic acids is 1. The molecule has 5 nitrogen and oxygen atoms in total. The fourth-order valence-corrected chi connectivity index (χ4v) is 5.00. The van der Waals surface area contributed by atoms with Gasteiger partial charge in [0.15, 0.2) is 5.54 Å². The number of para-hydroxylation sites is 1. The van der Waals surface area contributed by atoms with Gasteiger partial charge in [0.05, 0.1) is 23.0 Å². The summed E-state index contributed by atoms with van der Waals surface area (Å²) in [5.74, 6) is -0.503. The summed E-state index contributed by atoms with van der Waals surface area (Å²) in [6.45, 7) is 0. The van der Waals surface area contributed by atoms with Crippen LogP contribution in [0.15, 0.2) is 133 Å². The van der Waals surface area contributed by atoms with Gasteiger partial charge in [0.2, 0.25) is 0 Å². The Morgan fingerprint density at radius 3 is 1.83 bits per heavy atom. The minimum absolute atomic E-state index is 0.162. The third kappa shape index (κ3) is 3.49. The molecule has 4 aromatic carbocycles. The van der Waals surface area contributed by atoms with Gasteiger partial charge in [-0.3, -0.25) is 15.6 Å². The average Bonchev–Trinajstić information content (AvgIpc) is 3.27. The number of nitrogens with zero attached hydrogens (tertiary/aromatic N) is 2. The summed E-state index contributed by atoms with van der Waals surface area (Å²) in [7, 11) is 0. The first-order chi connectivity index (χ1) is 17.3. The summed E-state index contributed by atoms with van der Waals surface area (Å²) >= 11 is 0. The van der Waals surface area contributed by atoms with E-state index in [4.69, 9.17) is 5.10 Å². The van der Waals surface area contributed by atoms with Crippen LogP contribution in [-0.2, 0) is 4.79 Å². The normalized spacial score (nSPS) is 21.2. The SMILES string of the molecule is O=C1NNC(c2ccccc2)=CC12C(c1ccccc1)C(c1ccccc1)=NN2c1ccccc1. The Bertz CT molecular complexity index is 1400. The van der Waals surface area contributed by atoms with Gasteiger partial charge in [-0.2, -0.15) is 5.10 Å². The Kier molecular flexibility index (Phi) is 5.15. The predicted octanol–water partition coefficient (Wildman–Crippen LogP) is 5.11. The maximum atomic E-state index is 14.0. The number of benzene rings is 4. The molecule has 0 aromatic heterocycles. The van der Waals surface area contributed by atoms with E-state index in [0.717, 1.165) is 33.8 Å². The van der Waals surface area contributed by atoms with Crippen molar-refractivity contribution >= 4 is 23.0 Å². The van der Waals surface area contributed by atoms with E-state index >= 15 is 0 Å². The van der Waals surface area contributed by atoms with Crippen LogP contribution in [0.5, 0.6) is 0 Å². The highest BCUT2D eigenvalue weighted by Gasteiger charge is 2.58. The Labute approximate surface area is 204 Å². The number of rotatable bonds is 4. The molecule has 2 N–H and O–H groups in total. The summed E-state index contributed by atoms with van der Waals surface area (Å²) in [4.78, 5) is 14.0. The predicted molar refractivity (Wildman–Crippen MR) is 140 cm³/mol. The van der Waals surface area contributed by atoms with Crippen LogP contribution in [0.3, 0.4) is 0 Å². The van der Waals surface area contributed by atoms with Crippen LogP contribution in [0.1, 0.15) is 22.6 Å². The molecule has 0 fully saturated rings. The number of anilines is 1. The third-order valence-corrected chi connectivity index (χ3v) is 6.60. The molecule has 2 heterocycles. The Morgan fingerprint density at radius 2 is 1.20 bits per heavy atom. The second-order valence-corrected chi connectivity index (χ2v) is 8.67. The number of hydrogen-bond donors (Lipinski definition) is 2. The van der Waals surface area contributed by atoms with E-state index < -0.39 is 5.54 Å². The van der Waals surface area contributed by atoms with E-state index in [0.29, 0.717) is 0 Å². The monoisotopic (exact) mass is 456 g/mol. The first-order valence-electron chi connectivity index (χ1n) is 11.7. The molecule has 0 saturated carbocycles. The first kappa shape index (κ1) is 20.9. The van der Waals surface area contributed by atoms with E-state index in [9.17, 15) is 4.79 Å². The van der Waals surface area contributed by atoms with Crippen molar-refractivity contribution in [3.63, 3.8) is 0 Å². The summed E-state index contributed by atoms with van der Waals surface area (Å²) in [5, 5.41) is 7.04. The molecule has 2 aliphatic rings. The molecule has 0 aliphatic carbocycles. The molecule has 6 rings (SSSR count). The molecule has 0 bridgehead atoms. The molecule has 2 aliphatic heterocycles. The van der Waals surface area contributed by atoms with Gasteiger partial charge in [-0.1, -0.05) is 109 Å². The lowest BCUT2D eigenvalue weighted by Crippen LogP contribution is -2.63. The first-order valence-corrected chi connectivity index (χ1v) is 11.7. The van der Waals surface area contributed by atoms with E-state index in [2.05, 4.69) is 35.1 Å². The van der Waals surface area contributed by atoms with Crippen LogP contribution in [0.2, 0.25) is 0 Å². The molecule has 170 valence electrons. The van der Waals surface area contributed by atoms with Gasteiger partial charge in [0.25, 0.3) is 5.91 Å². The van der Waals surface area contributed by atoms with Crippen molar-refractivity contribution in [1.82, 2.24) is 10.9 Å². The molecule has 35 heavy (non-hydrogen) atoms. The van der Waals surface area contributed by atoms with Crippen molar-refractivity contribution in [2.75, 3.05) is 5.01 Å². The van der Waals surface area contributed by atoms with Crippen LogP contribution in [0, 0.1) is 0 Å². The van der Waals surface area contributed by atoms with Crippen LogP contribution < -0.4 is 15.9 Å². The van der Waals surface area contributed by atoms with Crippen molar-refractivity contribution in [3.05, 3.63) is 144 Å². The summed E-state index contributed by atoms with van der Waals surface area (Å²) in [6, 6.07) is 40.2. The molecule has 2 unspecified atom stereocenters. The molecule has 4 aromatic rings. The van der Waals surface area contributed by atoms with Gasteiger partial charge >= 0.3 is 0 Å². The number of nitrogens with one attached hydrogen (secondary N) is 2. The Hall–Kier alpha value is -4.64. The Balaban J connectivity index is 1.64. The zero-order chi connectivity index (χ0) is 23.7. The van der Waals surface area contributed by atoms with Gasteiger partial charge in [-0.15, -0.1) is 0 Å². The van der Waals surface area contributed by atoms with Gasteiger partial charge in [0.1, 0.15) is 0 Å². The van der Waals surface area contributed by atoms with E-state index in [1.54, 1.807) is 0 Å². The topological polar surface area (TPSA) is 56.7 Å². The van der Waals surface area contributed by atoms with Crippen LogP contribution in [-0.4, -0.2) is 17.2 Å². The lowest BCUT2D eigenvalue weighted by atomic mass is 9.73. The van der Waals surface area contributed by atoms with Crippen LogP contribution in [0.4, 0.5) is 5.69 Å². The smallest absolute Gasteiger partial charge is 0.271 e. The van der Waals surface area contributed by atoms with E-state index in [1.165, 1.54) is 0 Å². The minimum atomic E-state index is -1.12. The molecule has 1 spiro atoms. The van der Waals surface area contributed by atoms with Crippen LogP contribution >= 0.6 is 0 Å². The van der Waals surface area contributed by atoms with Gasteiger partial charge in [0, 0.05) is 0 Å². The molecule has 0 saturated heterocycles. The maximum absolute atomic E-state index is 14.0. The second-order valence-electron chi connectivity index (χ2n) is 8.67. The lowest BCUT2D eigenvalue weighted by Gasteiger charge is -2.41. The maximum Gasteiger partial charge on any atom is 0.271 e. The van der Waals surface area contributed by atoms with Gasteiger partial charge < -0.3 is 0 Å². The lowest BCUT2D eigenvalue weighted by molar-refractivity contribution is -0.126. The molecule has 5 heteroatoms. The largest absolute Gasteiger partial charge is 0.298 e. The molecule has 0 radical (unpaired) electrons. The number of amides is 1. The standard InChI is InChI=1S/C30H24N4O/c35-29-30(21-26(31-32-29)22-13-5-1-6-14-22)27(23-15-7-2-8-16-23)28(24-17-9-3-10-18-24)33-34(30)25-19-11-4-12-20-25/h1-21,27,31H,(H,32,35). The third-order valence-electron chi connectivity index (χ3n) is 6.60. The van der Waals surface area contributed by atoms with E-state index in [1.807, 2.05) is 108 Å². The van der Waals surface area contributed by atoms with Crippen molar-refractivity contribution in [1.29, 1.82) is 0 Å². The van der Waals surface area contributed by atoms with Crippen molar-refractivity contribution < 1.29 is 4.79 Å². The Morgan fingerprint density at radius 1 is 0.657 bits per heavy atom. The zero-order valence-electron chi connectivity index (χ0n) is 19.0. The second kappa shape index (κ2) is 8.61. The molecule has 2 atom stereocenters. The summed E-state index contributed by atoms with van der Waals surface area (Å²) < 4.78 is 0. The van der Waals surface area contributed by atoms with Crippen molar-refractivity contribution in [2.24, 2.45) is 5.10 Å². The molecule has 1 amide bonds. The number of carbonyl (C=O) groups is 1. The van der Waals surface area contributed by atoms with Crippen LogP contribution in [0.25, 0.3) is 5.70 Å². The summed E-state index contributed by atoms with van der Waals surface area (Å²) in [6.07, 6.45) is 2.03.